The minimum atomic E-state index is -0.624. The van der Waals surface area contributed by atoms with Gasteiger partial charge in [0.2, 0.25) is 0 Å². The van der Waals surface area contributed by atoms with Crippen molar-refractivity contribution in [2.75, 3.05) is 0 Å². The van der Waals surface area contributed by atoms with Crippen molar-refractivity contribution in [3.8, 4) is 0 Å². The second-order valence-electron chi connectivity index (χ2n) is 12.4. The zero-order valence-electron chi connectivity index (χ0n) is 19.1. The quantitative estimate of drug-likeness (QED) is 0.554. The summed E-state index contributed by atoms with van der Waals surface area (Å²) in [7, 11) is 0. The summed E-state index contributed by atoms with van der Waals surface area (Å²) in [5.74, 6) is 4.35. The lowest BCUT2D eigenvalue weighted by molar-refractivity contribution is -0.161. The topological polar surface area (TPSA) is 37.3 Å². The van der Waals surface area contributed by atoms with Crippen LogP contribution in [-0.4, -0.2) is 11.1 Å². The summed E-state index contributed by atoms with van der Waals surface area (Å²) in [6.07, 6.45) is 14.0. The first kappa shape index (κ1) is 20.7. The third kappa shape index (κ3) is 2.99. The highest BCUT2D eigenvalue weighted by Crippen LogP contribution is 2.71. The molecule has 4 aliphatic carbocycles. The lowest BCUT2D eigenvalue weighted by Gasteiger charge is -2.65. The summed E-state index contributed by atoms with van der Waals surface area (Å²) in [6.45, 7) is 12.7. The molecule has 9 atom stereocenters. The Kier molecular flexibility index (Phi) is 5.20. The Morgan fingerprint density at radius 1 is 1.00 bits per heavy atom. The molecule has 2 nitrogen and oxygen atoms in total. The largest absolute Gasteiger partial charge is 0.481 e. The van der Waals surface area contributed by atoms with Gasteiger partial charge in [-0.1, -0.05) is 41.0 Å². The number of carboxylic acids is 1. The Morgan fingerprint density at radius 2 is 1.75 bits per heavy atom. The van der Waals surface area contributed by atoms with Crippen molar-refractivity contribution < 1.29 is 9.90 Å². The maximum Gasteiger partial charge on any atom is 0.303 e. The highest BCUT2D eigenvalue weighted by atomic mass is 16.4. The molecular weight excluding hydrogens is 344 g/mol. The molecule has 28 heavy (non-hydrogen) atoms. The van der Waals surface area contributed by atoms with E-state index in [1.165, 1.54) is 57.8 Å². The van der Waals surface area contributed by atoms with Crippen molar-refractivity contribution in [3.05, 3.63) is 0 Å². The van der Waals surface area contributed by atoms with Crippen LogP contribution in [0.3, 0.4) is 0 Å². The normalized spacial score (nSPS) is 51.7. The summed E-state index contributed by atoms with van der Waals surface area (Å²) >= 11 is 0. The summed E-state index contributed by atoms with van der Waals surface area (Å²) in [6, 6.07) is 0. The molecule has 160 valence electrons. The second-order valence-corrected chi connectivity index (χ2v) is 12.4. The van der Waals surface area contributed by atoms with Crippen molar-refractivity contribution in [1.82, 2.24) is 0 Å². The third-order valence-electron chi connectivity index (χ3n) is 11.2. The molecular formula is C26H44O2. The molecule has 2 heteroatoms. The molecule has 0 aromatic rings. The fourth-order valence-electron chi connectivity index (χ4n) is 9.47. The number of fused-ring (bicyclic) bond motifs is 5. The molecule has 0 aromatic carbocycles. The van der Waals surface area contributed by atoms with Crippen LogP contribution in [0, 0.1) is 51.8 Å². The van der Waals surface area contributed by atoms with Crippen LogP contribution in [0.15, 0.2) is 0 Å². The Morgan fingerprint density at radius 3 is 2.46 bits per heavy atom. The molecule has 0 amide bonds. The van der Waals surface area contributed by atoms with Gasteiger partial charge in [0.25, 0.3) is 0 Å². The van der Waals surface area contributed by atoms with Crippen LogP contribution in [0.1, 0.15) is 105 Å². The SMILES string of the molecule is CC(CCC(=O)O)[C@H]1CCC2C3CC[C@]4(C)C[C@H](C)CC[C@]4(C)C3CC[C@@]21C. The number of aliphatic carboxylic acids is 1. The van der Waals surface area contributed by atoms with Crippen molar-refractivity contribution >= 4 is 5.97 Å². The van der Waals surface area contributed by atoms with Gasteiger partial charge in [-0.05, 0) is 110 Å². The Hall–Kier alpha value is -0.530. The molecule has 0 heterocycles. The molecule has 4 aliphatic rings. The van der Waals surface area contributed by atoms with Crippen LogP contribution in [0.25, 0.3) is 0 Å². The molecule has 0 aromatic heterocycles. The fourth-order valence-corrected chi connectivity index (χ4v) is 9.47. The predicted molar refractivity (Wildman–Crippen MR) is 115 cm³/mol. The smallest absolute Gasteiger partial charge is 0.303 e. The standard InChI is InChI=1S/C26H44O2/c1-17-10-15-26(5)22-12-14-25(4)20(18(2)6-9-23(27)28)7-8-21(25)19(22)11-13-24(26,3)16-17/h17-22H,6-16H2,1-5H3,(H,27,28)/t17-,18?,19?,20-,21?,22?,24-,25-,26-/m1/s1. The van der Waals surface area contributed by atoms with Gasteiger partial charge in [-0.2, -0.15) is 0 Å². The van der Waals surface area contributed by atoms with Crippen LogP contribution >= 0.6 is 0 Å². The lowest BCUT2D eigenvalue weighted by atomic mass is 9.39. The molecule has 4 saturated carbocycles. The van der Waals surface area contributed by atoms with Crippen molar-refractivity contribution in [1.29, 1.82) is 0 Å². The molecule has 4 rings (SSSR count). The third-order valence-corrected chi connectivity index (χ3v) is 11.2. The van der Waals surface area contributed by atoms with Gasteiger partial charge in [0.15, 0.2) is 0 Å². The van der Waals surface area contributed by atoms with E-state index in [0.29, 0.717) is 28.6 Å². The first-order valence-corrected chi connectivity index (χ1v) is 12.3. The molecule has 4 fully saturated rings. The van der Waals surface area contributed by atoms with Gasteiger partial charge in [-0.3, -0.25) is 4.79 Å². The molecule has 0 spiro atoms. The van der Waals surface area contributed by atoms with E-state index in [4.69, 9.17) is 5.11 Å². The zero-order chi connectivity index (χ0) is 20.3. The predicted octanol–water partition coefficient (Wildman–Crippen LogP) is 7.17. The van der Waals surface area contributed by atoms with E-state index in [0.717, 1.165) is 36.0 Å². The minimum Gasteiger partial charge on any atom is -0.481 e. The Balaban J connectivity index is 1.54. The van der Waals surface area contributed by atoms with Crippen molar-refractivity contribution in [2.45, 2.75) is 105 Å². The second kappa shape index (κ2) is 7.02. The summed E-state index contributed by atoms with van der Waals surface area (Å²) < 4.78 is 0. The number of hydrogen-bond donors (Lipinski definition) is 1. The maximum atomic E-state index is 11.1. The first-order valence-electron chi connectivity index (χ1n) is 12.3. The van der Waals surface area contributed by atoms with E-state index in [2.05, 4.69) is 34.6 Å². The number of hydrogen-bond acceptors (Lipinski definition) is 1. The molecule has 0 saturated heterocycles. The average Bonchev–Trinajstić information content (AvgIpc) is 2.98. The fraction of sp³-hybridized carbons (Fsp3) is 0.962. The van der Waals surface area contributed by atoms with Gasteiger partial charge in [-0.25, -0.2) is 0 Å². The molecule has 0 bridgehead atoms. The van der Waals surface area contributed by atoms with Crippen LogP contribution in [0.2, 0.25) is 0 Å². The van der Waals surface area contributed by atoms with E-state index in [1.807, 2.05) is 0 Å². The molecule has 0 aliphatic heterocycles. The summed E-state index contributed by atoms with van der Waals surface area (Å²) in [4.78, 5) is 11.1. The lowest BCUT2D eigenvalue weighted by Crippen LogP contribution is -2.57. The van der Waals surface area contributed by atoms with E-state index in [-0.39, 0.29) is 0 Å². The van der Waals surface area contributed by atoms with Crippen LogP contribution in [0.5, 0.6) is 0 Å². The van der Waals surface area contributed by atoms with E-state index < -0.39 is 5.97 Å². The van der Waals surface area contributed by atoms with Crippen molar-refractivity contribution in [2.24, 2.45) is 51.8 Å². The maximum absolute atomic E-state index is 11.1. The minimum absolute atomic E-state index is 0.346. The monoisotopic (exact) mass is 388 g/mol. The van der Waals surface area contributed by atoms with E-state index in [1.54, 1.807) is 0 Å². The van der Waals surface area contributed by atoms with Gasteiger partial charge in [0.1, 0.15) is 0 Å². The summed E-state index contributed by atoms with van der Waals surface area (Å²) in [5, 5.41) is 9.14. The zero-order valence-corrected chi connectivity index (χ0v) is 19.1. The van der Waals surface area contributed by atoms with Gasteiger partial charge in [0, 0.05) is 6.42 Å². The van der Waals surface area contributed by atoms with Gasteiger partial charge in [-0.15, -0.1) is 0 Å². The highest BCUT2D eigenvalue weighted by Gasteiger charge is 2.63. The van der Waals surface area contributed by atoms with Gasteiger partial charge < -0.3 is 5.11 Å². The van der Waals surface area contributed by atoms with Crippen LogP contribution in [-0.2, 0) is 4.79 Å². The van der Waals surface area contributed by atoms with Gasteiger partial charge in [0.05, 0.1) is 0 Å². The highest BCUT2D eigenvalue weighted by molar-refractivity contribution is 5.66. The van der Waals surface area contributed by atoms with E-state index >= 15 is 0 Å². The molecule has 1 N–H and O–H groups in total. The van der Waals surface area contributed by atoms with Crippen LogP contribution < -0.4 is 0 Å². The average molecular weight is 389 g/mol. The first-order chi connectivity index (χ1) is 13.1. The van der Waals surface area contributed by atoms with Crippen LogP contribution in [0.4, 0.5) is 0 Å². The molecule has 0 radical (unpaired) electrons. The number of carbonyl (C=O) groups is 1. The Labute approximate surface area is 173 Å². The van der Waals surface area contributed by atoms with E-state index in [9.17, 15) is 4.79 Å². The molecule has 4 unspecified atom stereocenters. The summed E-state index contributed by atoms with van der Waals surface area (Å²) in [5.41, 5.74) is 1.58. The van der Waals surface area contributed by atoms with Crippen molar-refractivity contribution in [3.63, 3.8) is 0 Å². The Bertz CT molecular complexity index is 614. The number of carboxylic acid groups (broad SMARTS) is 1. The van der Waals surface area contributed by atoms with Gasteiger partial charge >= 0.3 is 5.97 Å². The number of rotatable bonds is 4.